The smallest absolute Gasteiger partial charge is 0.410 e. The summed E-state index contributed by atoms with van der Waals surface area (Å²) in [5.74, 6) is -0.0674. The van der Waals surface area contributed by atoms with E-state index in [1.54, 1.807) is 29.2 Å². The van der Waals surface area contributed by atoms with E-state index in [-0.39, 0.29) is 36.0 Å². The number of pyridine rings is 1. The number of para-hydroxylation sites is 1. The first-order valence-corrected chi connectivity index (χ1v) is 11.0. The van der Waals surface area contributed by atoms with Crippen molar-refractivity contribution in [1.29, 1.82) is 0 Å². The molecule has 1 amide bonds. The molecule has 3 N–H and O–H groups in total. The maximum absolute atomic E-state index is 12.7. The van der Waals surface area contributed by atoms with Crippen LogP contribution in [0.3, 0.4) is 0 Å². The fourth-order valence-corrected chi connectivity index (χ4v) is 4.33. The average molecular weight is 446 g/mol. The molecule has 0 bridgehead atoms. The van der Waals surface area contributed by atoms with E-state index < -0.39 is 0 Å². The van der Waals surface area contributed by atoms with Gasteiger partial charge in [-0.1, -0.05) is 42.5 Å². The number of nitrogen functional groups attached to an aromatic ring is 1. The molecule has 7 nitrogen and oxygen atoms in total. The number of piperidine rings is 1. The molecule has 170 valence electrons. The molecule has 7 heteroatoms. The molecule has 1 aliphatic heterocycles. The van der Waals surface area contributed by atoms with E-state index in [9.17, 15) is 14.7 Å². The molecular formula is C26H27N3O4. The molecule has 3 aromatic rings. The summed E-state index contributed by atoms with van der Waals surface area (Å²) < 4.78 is 5.51. The summed E-state index contributed by atoms with van der Waals surface area (Å²) in [4.78, 5) is 31.2. The van der Waals surface area contributed by atoms with Crippen LogP contribution in [0.2, 0.25) is 0 Å². The van der Waals surface area contributed by atoms with Gasteiger partial charge in [0.05, 0.1) is 11.3 Å². The summed E-state index contributed by atoms with van der Waals surface area (Å²) in [6.45, 7) is 2.68. The number of likely N-dealkylation sites (tertiary alicyclic amines) is 1. The van der Waals surface area contributed by atoms with E-state index in [1.165, 1.54) is 6.92 Å². The van der Waals surface area contributed by atoms with E-state index in [0.29, 0.717) is 29.9 Å². The molecule has 2 aromatic carbocycles. The lowest BCUT2D eigenvalue weighted by Crippen LogP contribution is -2.39. The third-order valence-electron chi connectivity index (χ3n) is 5.93. The Kier molecular flexibility index (Phi) is 6.58. The average Bonchev–Trinajstić information content (AvgIpc) is 2.82. The lowest BCUT2D eigenvalue weighted by atomic mass is 9.86. The van der Waals surface area contributed by atoms with Crippen LogP contribution < -0.4 is 5.73 Å². The SMILES string of the molecule is CC(=O)c1c(C2CCCN(C(=O)OCc3ccccc3)C2)cc(-c2ccccc2O)nc1N. The van der Waals surface area contributed by atoms with Crippen LogP contribution in [0.5, 0.6) is 5.75 Å². The molecule has 1 unspecified atom stereocenters. The van der Waals surface area contributed by atoms with Gasteiger partial charge in [-0.2, -0.15) is 0 Å². The third kappa shape index (κ3) is 4.98. The highest BCUT2D eigenvalue weighted by atomic mass is 16.6. The number of hydrogen-bond acceptors (Lipinski definition) is 6. The summed E-state index contributed by atoms with van der Waals surface area (Å²) in [5, 5.41) is 10.3. The number of nitrogens with two attached hydrogens (primary N) is 1. The molecule has 0 spiro atoms. The lowest BCUT2D eigenvalue weighted by Gasteiger charge is -2.33. The fraction of sp³-hybridized carbons (Fsp3) is 0.269. The van der Waals surface area contributed by atoms with Crippen molar-refractivity contribution in [2.45, 2.75) is 32.3 Å². The molecule has 1 atom stereocenters. The van der Waals surface area contributed by atoms with E-state index in [0.717, 1.165) is 24.0 Å². The van der Waals surface area contributed by atoms with Crippen molar-refractivity contribution in [3.05, 3.63) is 77.4 Å². The van der Waals surface area contributed by atoms with Crippen LogP contribution in [0, 0.1) is 0 Å². The second-order valence-electron chi connectivity index (χ2n) is 8.26. The molecule has 1 aromatic heterocycles. The minimum atomic E-state index is -0.379. The number of ether oxygens (including phenoxy) is 1. The van der Waals surface area contributed by atoms with E-state index >= 15 is 0 Å². The number of rotatable bonds is 5. The molecular weight excluding hydrogens is 418 g/mol. The van der Waals surface area contributed by atoms with E-state index in [1.807, 2.05) is 36.4 Å². The standard InChI is InChI=1S/C26H27N3O4/c1-17(30)24-21(14-22(28-25(24)27)20-11-5-6-12-23(20)31)19-10-7-13-29(15-19)26(32)33-16-18-8-3-2-4-9-18/h2-6,8-9,11-12,14,19,31H,7,10,13,15-16H2,1H3,(H2,27,28). The molecule has 1 aliphatic rings. The Hall–Kier alpha value is -3.87. The number of aromatic nitrogens is 1. The Morgan fingerprint density at radius 2 is 1.88 bits per heavy atom. The van der Waals surface area contributed by atoms with Gasteiger partial charge in [0.25, 0.3) is 0 Å². The van der Waals surface area contributed by atoms with Crippen LogP contribution >= 0.6 is 0 Å². The number of nitrogens with zero attached hydrogens (tertiary/aromatic N) is 2. The van der Waals surface area contributed by atoms with Gasteiger partial charge in [-0.05, 0) is 49.1 Å². The topological polar surface area (TPSA) is 106 Å². The van der Waals surface area contributed by atoms with Gasteiger partial charge < -0.3 is 20.5 Å². The third-order valence-corrected chi connectivity index (χ3v) is 5.93. The van der Waals surface area contributed by atoms with Crippen molar-refractivity contribution in [2.24, 2.45) is 0 Å². The van der Waals surface area contributed by atoms with Crippen LogP contribution in [0.15, 0.2) is 60.7 Å². The molecule has 1 fully saturated rings. The number of anilines is 1. The Morgan fingerprint density at radius 1 is 1.15 bits per heavy atom. The van der Waals surface area contributed by atoms with Gasteiger partial charge in [-0.15, -0.1) is 0 Å². The molecule has 0 radical (unpaired) electrons. The van der Waals surface area contributed by atoms with Crippen molar-refractivity contribution in [2.75, 3.05) is 18.8 Å². The zero-order valence-electron chi connectivity index (χ0n) is 18.5. The number of phenols is 1. The van der Waals surface area contributed by atoms with E-state index in [4.69, 9.17) is 10.5 Å². The monoisotopic (exact) mass is 445 g/mol. The summed E-state index contributed by atoms with van der Waals surface area (Å²) >= 11 is 0. The first kappa shape index (κ1) is 22.3. The van der Waals surface area contributed by atoms with Gasteiger partial charge in [-0.3, -0.25) is 4.79 Å². The minimum absolute atomic E-state index is 0.0840. The number of phenolic OH excluding ortho intramolecular Hbond substituents is 1. The largest absolute Gasteiger partial charge is 0.507 e. The number of benzene rings is 2. The lowest BCUT2D eigenvalue weighted by molar-refractivity contribution is 0.0858. The first-order valence-electron chi connectivity index (χ1n) is 11.0. The highest BCUT2D eigenvalue weighted by molar-refractivity contribution is 6.00. The van der Waals surface area contributed by atoms with Crippen molar-refractivity contribution in [3.63, 3.8) is 0 Å². The Labute approximate surface area is 192 Å². The summed E-state index contributed by atoms with van der Waals surface area (Å²) in [6, 6.07) is 18.2. The van der Waals surface area contributed by atoms with Gasteiger partial charge in [0.2, 0.25) is 0 Å². The normalized spacial score (nSPS) is 15.8. The van der Waals surface area contributed by atoms with Gasteiger partial charge in [0.15, 0.2) is 5.78 Å². The highest BCUT2D eigenvalue weighted by Crippen LogP contribution is 2.36. The predicted octanol–water partition coefficient (Wildman–Crippen LogP) is 4.76. The molecule has 1 saturated heterocycles. The van der Waals surface area contributed by atoms with Crippen LogP contribution in [0.25, 0.3) is 11.3 Å². The summed E-state index contributed by atoms with van der Waals surface area (Å²) in [7, 11) is 0. The van der Waals surface area contributed by atoms with Gasteiger partial charge in [0.1, 0.15) is 18.2 Å². The van der Waals surface area contributed by atoms with Crippen molar-refractivity contribution in [3.8, 4) is 17.0 Å². The van der Waals surface area contributed by atoms with Crippen molar-refractivity contribution < 1.29 is 19.4 Å². The second-order valence-corrected chi connectivity index (χ2v) is 8.26. The predicted molar refractivity (Wildman–Crippen MR) is 126 cm³/mol. The van der Waals surface area contributed by atoms with Crippen LogP contribution in [0.4, 0.5) is 10.6 Å². The van der Waals surface area contributed by atoms with E-state index in [2.05, 4.69) is 4.98 Å². The number of carbonyl (C=O) groups is 2. The fourth-order valence-electron chi connectivity index (χ4n) is 4.33. The quantitative estimate of drug-likeness (QED) is 0.549. The highest BCUT2D eigenvalue weighted by Gasteiger charge is 2.30. The zero-order chi connectivity index (χ0) is 23.4. The van der Waals surface area contributed by atoms with Gasteiger partial charge in [-0.25, -0.2) is 9.78 Å². The molecule has 4 rings (SSSR count). The Bertz CT molecular complexity index is 1160. The van der Waals surface area contributed by atoms with Gasteiger partial charge >= 0.3 is 6.09 Å². The number of aromatic hydroxyl groups is 1. The number of carbonyl (C=O) groups excluding carboxylic acids is 2. The molecule has 2 heterocycles. The van der Waals surface area contributed by atoms with Crippen LogP contribution in [-0.4, -0.2) is 40.0 Å². The Morgan fingerprint density at radius 3 is 2.61 bits per heavy atom. The number of hydrogen-bond donors (Lipinski definition) is 2. The molecule has 0 saturated carbocycles. The first-order chi connectivity index (χ1) is 15.9. The maximum atomic E-state index is 12.7. The minimum Gasteiger partial charge on any atom is -0.507 e. The molecule has 0 aliphatic carbocycles. The van der Waals surface area contributed by atoms with Crippen molar-refractivity contribution >= 4 is 17.7 Å². The number of Topliss-reactive ketones (excluding diaryl/α,β-unsaturated/α-hetero) is 1. The zero-order valence-corrected chi connectivity index (χ0v) is 18.5. The maximum Gasteiger partial charge on any atom is 0.410 e. The number of amides is 1. The molecule has 33 heavy (non-hydrogen) atoms. The van der Waals surface area contributed by atoms with Crippen molar-refractivity contribution in [1.82, 2.24) is 9.88 Å². The number of ketones is 1. The van der Waals surface area contributed by atoms with Gasteiger partial charge in [0, 0.05) is 24.6 Å². The van der Waals surface area contributed by atoms with Crippen LogP contribution in [0.1, 0.15) is 47.2 Å². The van der Waals surface area contributed by atoms with Crippen LogP contribution in [-0.2, 0) is 11.3 Å². The Balaban J connectivity index is 1.59. The summed E-state index contributed by atoms with van der Waals surface area (Å²) in [5.41, 5.74) is 9.28. The second kappa shape index (κ2) is 9.73. The summed E-state index contributed by atoms with van der Waals surface area (Å²) in [6.07, 6.45) is 1.19.